The van der Waals surface area contributed by atoms with Crippen molar-refractivity contribution >= 4 is 54.0 Å². The summed E-state index contributed by atoms with van der Waals surface area (Å²) in [6.07, 6.45) is 1.40. The van der Waals surface area contributed by atoms with Crippen LogP contribution in [0.3, 0.4) is 0 Å². The van der Waals surface area contributed by atoms with Gasteiger partial charge in [-0.15, -0.1) is 11.3 Å². The van der Waals surface area contributed by atoms with Crippen LogP contribution in [-0.4, -0.2) is 47.7 Å². The molecule has 0 radical (unpaired) electrons. The number of anilines is 2. The number of fused-ring (bicyclic) bond motifs is 2. The van der Waals surface area contributed by atoms with E-state index in [1.165, 1.54) is 33.4 Å². The second-order valence-corrected chi connectivity index (χ2v) is 10.2. The third-order valence-corrected chi connectivity index (χ3v) is 6.73. The molecule has 162 valence electrons. The third kappa shape index (κ3) is 4.59. The predicted octanol–water partition coefficient (Wildman–Crippen LogP) is 3.04. The van der Waals surface area contributed by atoms with Gasteiger partial charge >= 0.3 is 0 Å². The molecule has 0 saturated heterocycles. The Labute approximate surface area is 183 Å². The van der Waals surface area contributed by atoms with E-state index < -0.39 is 15.6 Å². The van der Waals surface area contributed by atoms with Crippen molar-refractivity contribution in [2.45, 2.75) is 24.3 Å². The van der Waals surface area contributed by atoms with Crippen molar-refractivity contribution in [2.24, 2.45) is 0 Å². The number of benzene rings is 2. The van der Waals surface area contributed by atoms with Gasteiger partial charge in [0.05, 0.1) is 34.0 Å². The van der Waals surface area contributed by atoms with Crippen molar-refractivity contribution in [1.29, 1.82) is 0 Å². The maximum absolute atomic E-state index is 12.9. The Hall–Kier alpha value is -2.86. The van der Waals surface area contributed by atoms with Crippen LogP contribution in [0.2, 0.25) is 0 Å². The number of aliphatic hydroxyl groups is 1. The van der Waals surface area contributed by atoms with Gasteiger partial charge in [-0.3, -0.25) is 0 Å². The molecule has 0 bridgehead atoms. The maximum atomic E-state index is 12.9. The molecule has 0 aliphatic carbocycles. The molecule has 4 rings (SSSR count). The minimum absolute atomic E-state index is 0.0699. The maximum Gasteiger partial charge on any atom is 0.244 e. The van der Waals surface area contributed by atoms with Crippen LogP contribution >= 0.6 is 11.3 Å². The van der Waals surface area contributed by atoms with Gasteiger partial charge in [0.1, 0.15) is 22.8 Å². The lowest BCUT2D eigenvalue weighted by Crippen LogP contribution is -2.38. The van der Waals surface area contributed by atoms with Crippen molar-refractivity contribution in [3.8, 4) is 5.75 Å². The standard InChI is InChI=1S/C20H21N5O4S2/c1-20(2,26)9-24-31(27,28)18-7-13-14(8-16(18)29-3)21-10-22-19(13)25-12-4-5-17-15(6-12)23-11-30-17/h4-8,10-11,24,26H,9H2,1-3H3,(H,21,22,25). The van der Waals surface area contributed by atoms with Gasteiger partial charge in [-0.1, -0.05) is 0 Å². The second-order valence-electron chi connectivity index (χ2n) is 7.54. The lowest BCUT2D eigenvalue weighted by atomic mass is 10.1. The van der Waals surface area contributed by atoms with Crippen LogP contribution in [0.4, 0.5) is 11.5 Å². The molecular formula is C20H21N5O4S2. The highest BCUT2D eigenvalue weighted by Crippen LogP contribution is 2.33. The number of ether oxygens (including phenoxy) is 1. The van der Waals surface area contributed by atoms with Crippen LogP contribution in [0.5, 0.6) is 5.75 Å². The minimum Gasteiger partial charge on any atom is -0.495 e. The molecule has 0 fully saturated rings. The van der Waals surface area contributed by atoms with Crippen molar-refractivity contribution < 1.29 is 18.3 Å². The number of methoxy groups -OCH3 is 1. The summed E-state index contributed by atoms with van der Waals surface area (Å²) in [7, 11) is -2.58. The highest BCUT2D eigenvalue weighted by atomic mass is 32.2. The van der Waals surface area contributed by atoms with E-state index in [-0.39, 0.29) is 17.2 Å². The fourth-order valence-corrected chi connectivity index (χ4v) is 4.99. The molecule has 9 nitrogen and oxygen atoms in total. The molecule has 0 saturated carbocycles. The van der Waals surface area contributed by atoms with E-state index in [2.05, 4.69) is 25.0 Å². The molecule has 3 N–H and O–H groups in total. The second kappa shape index (κ2) is 8.00. The summed E-state index contributed by atoms with van der Waals surface area (Å²) in [6.45, 7) is 2.88. The van der Waals surface area contributed by atoms with Crippen molar-refractivity contribution in [2.75, 3.05) is 19.0 Å². The van der Waals surface area contributed by atoms with Gasteiger partial charge in [-0.25, -0.2) is 28.1 Å². The smallest absolute Gasteiger partial charge is 0.244 e. The van der Waals surface area contributed by atoms with Gasteiger partial charge in [-0.05, 0) is 38.1 Å². The number of rotatable bonds is 7. The fourth-order valence-electron chi connectivity index (χ4n) is 2.95. The van der Waals surface area contributed by atoms with Crippen molar-refractivity contribution in [1.82, 2.24) is 19.7 Å². The van der Waals surface area contributed by atoms with Crippen LogP contribution in [0.15, 0.2) is 47.1 Å². The van der Waals surface area contributed by atoms with E-state index in [4.69, 9.17) is 4.74 Å². The first-order valence-corrected chi connectivity index (χ1v) is 11.7. The van der Waals surface area contributed by atoms with E-state index in [1.807, 2.05) is 18.2 Å². The van der Waals surface area contributed by atoms with Gasteiger partial charge in [0, 0.05) is 23.7 Å². The Balaban J connectivity index is 1.78. The Morgan fingerprint density at radius 3 is 2.68 bits per heavy atom. The molecule has 0 aliphatic rings. The molecule has 0 unspecified atom stereocenters. The zero-order chi connectivity index (χ0) is 22.2. The Morgan fingerprint density at radius 1 is 1.13 bits per heavy atom. The summed E-state index contributed by atoms with van der Waals surface area (Å²) in [5.74, 6) is 0.588. The quantitative estimate of drug-likeness (QED) is 0.385. The fraction of sp³-hybridized carbons (Fsp3) is 0.250. The summed E-state index contributed by atoms with van der Waals surface area (Å²) in [4.78, 5) is 12.8. The number of nitrogens with zero attached hydrogens (tertiary/aromatic N) is 3. The monoisotopic (exact) mass is 459 g/mol. The molecule has 2 aromatic heterocycles. The van der Waals surface area contributed by atoms with Crippen molar-refractivity contribution in [3.63, 3.8) is 0 Å². The SMILES string of the molecule is COc1cc2ncnc(Nc3ccc4scnc4c3)c2cc1S(=O)(=O)NCC(C)(C)O. The Morgan fingerprint density at radius 2 is 1.94 bits per heavy atom. The zero-order valence-corrected chi connectivity index (χ0v) is 18.7. The number of sulfonamides is 1. The van der Waals surface area contributed by atoms with Gasteiger partial charge in [0.2, 0.25) is 10.0 Å². The molecule has 2 aromatic carbocycles. The van der Waals surface area contributed by atoms with Gasteiger partial charge in [-0.2, -0.15) is 0 Å². The largest absolute Gasteiger partial charge is 0.495 e. The number of aromatic nitrogens is 3. The number of thiazole rings is 1. The molecule has 0 spiro atoms. The van der Waals surface area contributed by atoms with E-state index in [0.717, 1.165) is 15.9 Å². The molecule has 2 heterocycles. The molecule has 31 heavy (non-hydrogen) atoms. The van der Waals surface area contributed by atoms with Gasteiger partial charge in [0.15, 0.2) is 0 Å². The molecular weight excluding hydrogens is 438 g/mol. The van der Waals surface area contributed by atoms with Gasteiger partial charge < -0.3 is 15.2 Å². The number of hydrogen-bond acceptors (Lipinski definition) is 9. The van der Waals surface area contributed by atoms with E-state index in [1.54, 1.807) is 22.9 Å². The van der Waals surface area contributed by atoms with E-state index in [9.17, 15) is 13.5 Å². The lowest BCUT2D eigenvalue weighted by molar-refractivity contribution is 0.0857. The number of hydrogen-bond donors (Lipinski definition) is 3. The lowest BCUT2D eigenvalue weighted by Gasteiger charge is -2.19. The third-order valence-electron chi connectivity index (χ3n) is 4.50. The van der Waals surface area contributed by atoms with Crippen LogP contribution in [0.25, 0.3) is 21.1 Å². The van der Waals surface area contributed by atoms with Crippen LogP contribution in [0.1, 0.15) is 13.8 Å². The average Bonchev–Trinajstić information content (AvgIpc) is 3.19. The highest BCUT2D eigenvalue weighted by molar-refractivity contribution is 7.89. The summed E-state index contributed by atoms with van der Waals surface area (Å²) < 4.78 is 34.6. The first-order valence-electron chi connectivity index (χ1n) is 9.31. The summed E-state index contributed by atoms with van der Waals surface area (Å²) in [5.41, 5.74) is 2.71. The van der Waals surface area contributed by atoms with Crippen LogP contribution < -0.4 is 14.8 Å². The molecule has 0 aliphatic heterocycles. The zero-order valence-electron chi connectivity index (χ0n) is 17.1. The van der Waals surface area contributed by atoms with Gasteiger partial charge in [0.25, 0.3) is 0 Å². The normalized spacial score (nSPS) is 12.4. The summed E-state index contributed by atoms with van der Waals surface area (Å²) in [6, 6.07) is 8.76. The highest BCUT2D eigenvalue weighted by Gasteiger charge is 2.24. The van der Waals surface area contributed by atoms with Crippen molar-refractivity contribution in [3.05, 3.63) is 42.2 Å². The van der Waals surface area contributed by atoms with Crippen LogP contribution in [-0.2, 0) is 10.0 Å². The first-order chi connectivity index (χ1) is 14.7. The van der Waals surface area contributed by atoms with E-state index >= 15 is 0 Å². The van der Waals surface area contributed by atoms with E-state index in [0.29, 0.717) is 16.7 Å². The minimum atomic E-state index is -3.97. The summed E-state index contributed by atoms with van der Waals surface area (Å²) >= 11 is 1.55. The van der Waals surface area contributed by atoms with Crippen LogP contribution in [0, 0.1) is 0 Å². The summed E-state index contributed by atoms with van der Waals surface area (Å²) in [5, 5.41) is 13.6. The predicted molar refractivity (Wildman–Crippen MR) is 120 cm³/mol. The molecule has 4 aromatic rings. The topological polar surface area (TPSA) is 126 Å². The first kappa shape index (κ1) is 21.4. The number of nitrogens with one attached hydrogen (secondary N) is 2. The molecule has 11 heteroatoms. The molecule has 0 amide bonds. The Bertz CT molecular complexity index is 1360. The average molecular weight is 460 g/mol. The Kier molecular flexibility index (Phi) is 5.52. The molecule has 0 atom stereocenters.